The largest absolute Gasteiger partial charge is 0.467 e. The van der Waals surface area contributed by atoms with Crippen molar-refractivity contribution in [2.75, 3.05) is 12.9 Å². The number of methoxy groups -OCH3 is 1. The molecule has 2 atom stereocenters. The molecular weight excluding hydrogens is 262 g/mol. The van der Waals surface area contributed by atoms with Crippen LogP contribution in [-0.2, 0) is 14.3 Å². The number of esters is 1. The van der Waals surface area contributed by atoms with Crippen molar-refractivity contribution >= 4 is 23.6 Å². The molecule has 1 unspecified atom stereocenters. The van der Waals surface area contributed by atoms with E-state index in [0.29, 0.717) is 6.42 Å². The lowest BCUT2D eigenvalue weighted by Crippen LogP contribution is -2.47. The summed E-state index contributed by atoms with van der Waals surface area (Å²) in [5.41, 5.74) is 1.04. The summed E-state index contributed by atoms with van der Waals surface area (Å²) >= 11 is 1.68. The average molecular weight is 279 g/mol. The van der Waals surface area contributed by atoms with Gasteiger partial charge in [0.05, 0.1) is 7.11 Å². The van der Waals surface area contributed by atoms with E-state index in [9.17, 15) is 9.59 Å². The number of amides is 1. The number of ether oxygens (including phenoxy) is 1. The lowest BCUT2D eigenvalue weighted by atomic mass is 10.1. The molecule has 1 aliphatic rings. The summed E-state index contributed by atoms with van der Waals surface area (Å²) in [6.07, 6.45) is 0.468. The Bertz CT molecular complexity index is 463. The maximum atomic E-state index is 12.1. The van der Waals surface area contributed by atoms with Gasteiger partial charge in [-0.2, -0.15) is 0 Å². The van der Waals surface area contributed by atoms with Gasteiger partial charge in [0, 0.05) is 12.2 Å². The van der Waals surface area contributed by atoms with Crippen LogP contribution in [0, 0.1) is 0 Å². The molecule has 102 valence electrons. The first-order valence-corrected chi connectivity index (χ1v) is 7.25. The highest BCUT2D eigenvalue weighted by atomic mass is 32.2. The number of thioether (sulfide) groups is 1. The molecule has 0 aromatic heterocycles. The van der Waals surface area contributed by atoms with Crippen LogP contribution in [0.3, 0.4) is 0 Å². The first-order valence-electron chi connectivity index (χ1n) is 6.20. The van der Waals surface area contributed by atoms with Crippen LogP contribution in [0.4, 0.5) is 0 Å². The number of benzene rings is 1. The van der Waals surface area contributed by atoms with Crippen LogP contribution in [0.5, 0.6) is 0 Å². The second-order valence-electron chi connectivity index (χ2n) is 4.38. The fourth-order valence-corrected chi connectivity index (χ4v) is 3.50. The molecule has 0 bridgehead atoms. The normalized spacial score (nSPS) is 21.1. The molecule has 19 heavy (non-hydrogen) atoms. The fraction of sp³-hybridized carbons (Fsp3) is 0.429. The SMILES string of the molecule is COC(=O)[C@H](C)N1C(=O)CCSC1c1ccccc1. The van der Waals surface area contributed by atoms with Gasteiger partial charge in [0.1, 0.15) is 11.4 Å². The topological polar surface area (TPSA) is 46.6 Å². The van der Waals surface area contributed by atoms with Gasteiger partial charge in [-0.25, -0.2) is 4.79 Å². The summed E-state index contributed by atoms with van der Waals surface area (Å²) < 4.78 is 4.76. The molecule has 0 N–H and O–H groups in total. The zero-order valence-electron chi connectivity index (χ0n) is 11.0. The highest BCUT2D eigenvalue weighted by Gasteiger charge is 2.36. The van der Waals surface area contributed by atoms with E-state index in [1.165, 1.54) is 7.11 Å². The number of hydrogen-bond acceptors (Lipinski definition) is 4. The molecule has 0 saturated carbocycles. The maximum absolute atomic E-state index is 12.1. The van der Waals surface area contributed by atoms with Gasteiger partial charge < -0.3 is 9.64 Å². The highest BCUT2D eigenvalue weighted by molar-refractivity contribution is 7.99. The molecule has 1 aromatic carbocycles. The molecule has 1 saturated heterocycles. The Kier molecular flexibility index (Phi) is 4.47. The van der Waals surface area contributed by atoms with E-state index in [4.69, 9.17) is 4.74 Å². The van der Waals surface area contributed by atoms with Gasteiger partial charge in [-0.15, -0.1) is 11.8 Å². The van der Waals surface area contributed by atoms with Crippen molar-refractivity contribution in [2.45, 2.75) is 24.8 Å². The van der Waals surface area contributed by atoms with Crippen LogP contribution in [-0.4, -0.2) is 35.7 Å². The zero-order chi connectivity index (χ0) is 13.8. The second kappa shape index (κ2) is 6.10. The van der Waals surface area contributed by atoms with Gasteiger partial charge in [0.15, 0.2) is 0 Å². The van der Waals surface area contributed by atoms with E-state index in [-0.39, 0.29) is 17.3 Å². The van der Waals surface area contributed by atoms with Gasteiger partial charge >= 0.3 is 5.97 Å². The molecule has 1 heterocycles. The number of carbonyl (C=O) groups excluding carboxylic acids is 2. The Labute approximate surface area is 117 Å². The van der Waals surface area contributed by atoms with E-state index < -0.39 is 6.04 Å². The monoisotopic (exact) mass is 279 g/mol. The second-order valence-corrected chi connectivity index (χ2v) is 5.57. The van der Waals surface area contributed by atoms with Crippen molar-refractivity contribution in [3.05, 3.63) is 35.9 Å². The fourth-order valence-electron chi connectivity index (χ4n) is 2.18. The van der Waals surface area contributed by atoms with Crippen molar-refractivity contribution < 1.29 is 14.3 Å². The molecule has 1 aliphatic heterocycles. The van der Waals surface area contributed by atoms with Crippen LogP contribution in [0.1, 0.15) is 24.3 Å². The predicted octanol–water partition coefficient (Wildman–Crippen LogP) is 2.21. The van der Waals surface area contributed by atoms with Crippen LogP contribution in [0.25, 0.3) is 0 Å². The summed E-state index contributed by atoms with van der Waals surface area (Å²) in [6.45, 7) is 1.71. The molecule has 4 nitrogen and oxygen atoms in total. The van der Waals surface area contributed by atoms with Crippen molar-refractivity contribution in [1.29, 1.82) is 0 Å². The van der Waals surface area contributed by atoms with Crippen LogP contribution in [0.2, 0.25) is 0 Å². The maximum Gasteiger partial charge on any atom is 0.328 e. The van der Waals surface area contributed by atoms with Gasteiger partial charge in [-0.3, -0.25) is 4.79 Å². The van der Waals surface area contributed by atoms with Crippen LogP contribution < -0.4 is 0 Å². The quantitative estimate of drug-likeness (QED) is 0.796. The van der Waals surface area contributed by atoms with Crippen molar-refractivity contribution in [1.82, 2.24) is 4.90 Å². The Hall–Kier alpha value is -1.49. The van der Waals surface area contributed by atoms with Crippen molar-refractivity contribution in [3.8, 4) is 0 Å². The van der Waals surface area contributed by atoms with E-state index >= 15 is 0 Å². The molecule has 1 amide bonds. The summed E-state index contributed by atoms with van der Waals surface area (Å²) in [7, 11) is 1.35. The van der Waals surface area contributed by atoms with Crippen molar-refractivity contribution in [2.24, 2.45) is 0 Å². The smallest absolute Gasteiger partial charge is 0.328 e. The summed E-state index contributed by atoms with van der Waals surface area (Å²) in [5, 5.41) is -0.114. The van der Waals surface area contributed by atoms with Gasteiger partial charge in [0.2, 0.25) is 5.91 Å². The minimum atomic E-state index is -0.560. The third-order valence-corrected chi connectivity index (χ3v) is 4.43. The molecule has 0 aliphatic carbocycles. The van der Waals surface area contributed by atoms with Crippen LogP contribution in [0.15, 0.2) is 30.3 Å². The van der Waals surface area contributed by atoms with E-state index in [1.54, 1.807) is 23.6 Å². The van der Waals surface area contributed by atoms with E-state index in [2.05, 4.69) is 0 Å². The number of carbonyl (C=O) groups is 2. The Balaban J connectivity index is 2.29. The minimum Gasteiger partial charge on any atom is -0.467 e. The lowest BCUT2D eigenvalue weighted by Gasteiger charge is -2.38. The molecule has 5 heteroatoms. The molecule has 0 spiro atoms. The third-order valence-electron chi connectivity index (χ3n) is 3.18. The first-order chi connectivity index (χ1) is 9.15. The van der Waals surface area contributed by atoms with Gasteiger partial charge in [0.25, 0.3) is 0 Å². The predicted molar refractivity (Wildman–Crippen MR) is 74.6 cm³/mol. The summed E-state index contributed by atoms with van der Waals surface area (Å²) in [6, 6.07) is 9.22. The molecule has 0 radical (unpaired) electrons. The van der Waals surface area contributed by atoms with E-state index in [0.717, 1.165) is 11.3 Å². The number of hydrogen-bond donors (Lipinski definition) is 0. The van der Waals surface area contributed by atoms with Crippen LogP contribution >= 0.6 is 11.8 Å². The summed E-state index contributed by atoms with van der Waals surface area (Å²) in [4.78, 5) is 25.5. The zero-order valence-corrected chi connectivity index (χ0v) is 11.9. The number of rotatable bonds is 3. The summed E-state index contributed by atoms with van der Waals surface area (Å²) in [5.74, 6) is 0.408. The highest BCUT2D eigenvalue weighted by Crippen LogP contribution is 2.38. The van der Waals surface area contributed by atoms with E-state index in [1.807, 2.05) is 30.3 Å². The van der Waals surface area contributed by atoms with Crippen molar-refractivity contribution in [3.63, 3.8) is 0 Å². The molecular formula is C14H17NO3S. The third kappa shape index (κ3) is 2.92. The molecule has 1 fully saturated rings. The Morgan fingerprint density at radius 3 is 2.74 bits per heavy atom. The Morgan fingerprint density at radius 1 is 1.42 bits per heavy atom. The van der Waals surface area contributed by atoms with Gasteiger partial charge in [-0.05, 0) is 12.5 Å². The average Bonchev–Trinajstić information content (AvgIpc) is 2.46. The number of nitrogens with zero attached hydrogens (tertiary/aromatic N) is 1. The molecule has 1 aromatic rings. The lowest BCUT2D eigenvalue weighted by molar-refractivity contribution is -0.152. The standard InChI is InChI=1S/C14H17NO3S/c1-10(14(17)18-2)15-12(16)8-9-19-13(15)11-6-4-3-5-7-11/h3-7,10,13H,8-9H2,1-2H3/t10-,13?/m0/s1. The van der Waals surface area contributed by atoms with Gasteiger partial charge in [-0.1, -0.05) is 30.3 Å². The molecule has 2 rings (SSSR count). The minimum absolute atomic E-state index is 0.00510. The first kappa shape index (κ1) is 13.9. The Morgan fingerprint density at radius 2 is 2.11 bits per heavy atom.